The van der Waals surface area contributed by atoms with Crippen LogP contribution in [0.2, 0.25) is 0 Å². The number of piperidine rings is 1. The normalized spacial score (nSPS) is 17.2. The number of aromatic hydroxyl groups is 1. The van der Waals surface area contributed by atoms with E-state index >= 15 is 0 Å². The Bertz CT molecular complexity index is 678. The van der Waals surface area contributed by atoms with Crippen LogP contribution in [0.5, 0.6) is 11.5 Å². The molecule has 3 rings (SSSR count). The summed E-state index contributed by atoms with van der Waals surface area (Å²) in [6.07, 6.45) is 5.97. The molecule has 1 N–H and O–H groups in total. The molecule has 1 fully saturated rings. The molecule has 3 heteroatoms. The van der Waals surface area contributed by atoms with Crippen LogP contribution < -0.4 is 4.74 Å². The second-order valence-electron chi connectivity index (χ2n) is 7.56. The summed E-state index contributed by atoms with van der Waals surface area (Å²) < 4.78 is 5.21. The van der Waals surface area contributed by atoms with Gasteiger partial charge >= 0.3 is 0 Å². The van der Waals surface area contributed by atoms with Gasteiger partial charge < -0.3 is 14.7 Å². The Morgan fingerprint density at radius 3 is 2.50 bits per heavy atom. The van der Waals surface area contributed by atoms with Crippen LogP contribution >= 0.6 is 0 Å². The topological polar surface area (TPSA) is 32.7 Å². The van der Waals surface area contributed by atoms with Crippen LogP contribution in [0.25, 0.3) is 0 Å². The first-order valence-electron chi connectivity index (χ1n) is 9.79. The van der Waals surface area contributed by atoms with Gasteiger partial charge in [-0.1, -0.05) is 36.4 Å². The molecule has 2 aromatic carbocycles. The molecular formula is C23H31NO2. The van der Waals surface area contributed by atoms with Crippen molar-refractivity contribution in [3.63, 3.8) is 0 Å². The lowest BCUT2D eigenvalue weighted by Gasteiger charge is -2.36. The van der Waals surface area contributed by atoms with Crippen molar-refractivity contribution in [2.45, 2.75) is 45.1 Å². The SMILES string of the molecule is COc1cc(CCC(C)N2CCC(Cc3ccccc3)CC2)ccc1O. The summed E-state index contributed by atoms with van der Waals surface area (Å²) in [5.74, 6) is 1.60. The highest BCUT2D eigenvalue weighted by Gasteiger charge is 2.22. The number of hydrogen-bond acceptors (Lipinski definition) is 3. The zero-order valence-electron chi connectivity index (χ0n) is 16.0. The Kier molecular flexibility index (Phi) is 6.56. The first kappa shape index (κ1) is 18.8. The van der Waals surface area contributed by atoms with Crippen LogP contribution in [0.3, 0.4) is 0 Å². The van der Waals surface area contributed by atoms with Gasteiger partial charge in [-0.15, -0.1) is 0 Å². The first-order chi connectivity index (χ1) is 12.7. The van der Waals surface area contributed by atoms with Gasteiger partial charge in [0, 0.05) is 6.04 Å². The largest absolute Gasteiger partial charge is 0.504 e. The smallest absolute Gasteiger partial charge is 0.160 e. The van der Waals surface area contributed by atoms with Crippen LogP contribution in [0.15, 0.2) is 48.5 Å². The second kappa shape index (κ2) is 9.09. The molecule has 1 aliphatic heterocycles. The average molecular weight is 354 g/mol. The van der Waals surface area contributed by atoms with Crippen LogP contribution in [-0.4, -0.2) is 36.2 Å². The summed E-state index contributed by atoms with van der Waals surface area (Å²) in [5.41, 5.74) is 2.70. The minimum atomic E-state index is 0.213. The van der Waals surface area contributed by atoms with E-state index in [-0.39, 0.29) is 5.75 Å². The molecule has 1 aliphatic rings. The lowest BCUT2D eigenvalue weighted by molar-refractivity contribution is 0.135. The number of hydrogen-bond donors (Lipinski definition) is 1. The lowest BCUT2D eigenvalue weighted by atomic mass is 9.89. The Morgan fingerprint density at radius 1 is 1.08 bits per heavy atom. The van der Waals surface area contributed by atoms with E-state index < -0.39 is 0 Å². The van der Waals surface area contributed by atoms with Gasteiger partial charge in [0.2, 0.25) is 0 Å². The van der Waals surface area contributed by atoms with E-state index in [1.807, 2.05) is 12.1 Å². The molecule has 1 atom stereocenters. The highest BCUT2D eigenvalue weighted by atomic mass is 16.5. The Morgan fingerprint density at radius 2 is 1.81 bits per heavy atom. The number of phenolic OH excluding ortho intramolecular Hbond substituents is 1. The Hall–Kier alpha value is -2.00. The van der Waals surface area contributed by atoms with E-state index in [0.29, 0.717) is 11.8 Å². The fourth-order valence-electron chi connectivity index (χ4n) is 3.98. The second-order valence-corrected chi connectivity index (χ2v) is 7.56. The van der Waals surface area contributed by atoms with Gasteiger partial charge in [0.1, 0.15) is 0 Å². The van der Waals surface area contributed by atoms with Gasteiger partial charge in [-0.2, -0.15) is 0 Å². The van der Waals surface area contributed by atoms with E-state index in [4.69, 9.17) is 4.74 Å². The monoisotopic (exact) mass is 353 g/mol. The summed E-state index contributed by atoms with van der Waals surface area (Å²) in [7, 11) is 1.60. The third kappa shape index (κ3) is 5.01. The minimum absolute atomic E-state index is 0.213. The Balaban J connectivity index is 1.44. The fraction of sp³-hybridized carbons (Fsp3) is 0.478. The highest BCUT2D eigenvalue weighted by molar-refractivity contribution is 5.41. The van der Waals surface area contributed by atoms with Gasteiger partial charge in [-0.05, 0) is 81.3 Å². The molecule has 140 valence electrons. The molecule has 3 nitrogen and oxygen atoms in total. The minimum Gasteiger partial charge on any atom is -0.504 e. The zero-order chi connectivity index (χ0) is 18.4. The van der Waals surface area contributed by atoms with Crippen molar-refractivity contribution in [2.24, 2.45) is 5.92 Å². The van der Waals surface area contributed by atoms with E-state index in [0.717, 1.165) is 18.8 Å². The molecule has 0 aliphatic carbocycles. The van der Waals surface area contributed by atoms with E-state index in [2.05, 4.69) is 42.2 Å². The number of likely N-dealkylation sites (tertiary alicyclic amines) is 1. The van der Waals surface area contributed by atoms with Crippen molar-refractivity contribution in [1.82, 2.24) is 4.90 Å². The lowest BCUT2D eigenvalue weighted by Crippen LogP contribution is -2.40. The number of ether oxygens (including phenoxy) is 1. The number of aryl methyl sites for hydroxylation is 1. The molecule has 0 aromatic heterocycles. The predicted octanol–water partition coefficient (Wildman–Crippen LogP) is 4.68. The number of methoxy groups -OCH3 is 1. The van der Waals surface area contributed by atoms with E-state index in [1.165, 1.54) is 43.5 Å². The van der Waals surface area contributed by atoms with Crippen molar-refractivity contribution in [2.75, 3.05) is 20.2 Å². The summed E-state index contributed by atoms with van der Waals surface area (Å²) in [4.78, 5) is 2.64. The van der Waals surface area contributed by atoms with Crippen molar-refractivity contribution in [3.8, 4) is 11.5 Å². The standard InChI is InChI=1S/C23H31NO2/c1-18(8-9-20-10-11-22(25)23(17-20)26-2)24-14-12-21(13-15-24)16-19-6-4-3-5-7-19/h3-7,10-11,17-18,21,25H,8-9,12-16H2,1-2H3. The van der Waals surface area contributed by atoms with Crippen LogP contribution in [-0.2, 0) is 12.8 Å². The molecule has 1 saturated heterocycles. The van der Waals surface area contributed by atoms with Crippen molar-refractivity contribution >= 4 is 0 Å². The predicted molar refractivity (Wildman–Crippen MR) is 107 cm³/mol. The summed E-state index contributed by atoms with van der Waals surface area (Å²) in [6.45, 7) is 4.75. The summed E-state index contributed by atoms with van der Waals surface area (Å²) in [5, 5.41) is 9.71. The molecule has 0 amide bonds. The molecule has 0 radical (unpaired) electrons. The molecular weight excluding hydrogens is 322 g/mol. The van der Waals surface area contributed by atoms with Gasteiger partial charge in [-0.3, -0.25) is 0 Å². The average Bonchev–Trinajstić information content (AvgIpc) is 2.68. The highest BCUT2D eigenvalue weighted by Crippen LogP contribution is 2.28. The molecule has 2 aromatic rings. The van der Waals surface area contributed by atoms with Gasteiger partial charge in [0.15, 0.2) is 11.5 Å². The maximum atomic E-state index is 9.71. The molecule has 0 saturated carbocycles. The number of phenols is 1. The van der Waals surface area contributed by atoms with Gasteiger partial charge in [0.25, 0.3) is 0 Å². The third-order valence-electron chi connectivity index (χ3n) is 5.73. The maximum Gasteiger partial charge on any atom is 0.160 e. The van der Waals surface area contributed by atoms with Crippen molar-refractivity contribution in [3.05, 3.63) is 59.7 Å². The molecule has 0 bridgehead atoms. The number of nitrogens with zero attached hydrogens (tertiary/aromatic N) is 1. The zero-order valence-corrected chi connectivity index (χ0v) is 16.0. The fourth-order valence-corrected chi connectivity index (χ4v) is 3.98. The van der Waals surface area contributed by atoms with Crippen LogP contribution in [0.1, 0.15) is 37.3 Å². The van der Waals surface area contributed by atoms with Crippen LogP contribution in [0.4, 0.5) is 0 Å². The first-order valence-corrected chi connectivity index (χ1v) is 9.79. The maximum absolute atomic E-state index is 9.71. The van der Waals surface area contributed by atoms with Crippen LogP contribution in [0, 0.1) is 5.92 Å². The summed E-state index contributed by atoms with van der Waals surface area (Å²) >= 11 is 0. The molecule has 0 spiro atoms. The van der Waals surface area contributed by atoms with E-state index in [9.17, 15) is 5.11 Å². The van der Waals surface area contributed by atoms with E-state index in [1.54, 1.807) is 13.2 Å². The quantitative estimate of drug-likeness (QED) is 0.785. The molecule has 1 heterocycles. The molecule has 26 heavy (non-hydrogen) atoms. The third-order valence-corrected chi connectivity index (χ3v) is 5.73. The van der Waals surface area contributed by atoms with Gasteiger partial charge in [-0.25, -0.2) is 0 Å². The number of rotatable bonds is 7. The number of benzene rings is 2. The van der Waals surface area contributed by atoms with Crippen molar-refractivity contribution in [1.29, 1.82) is 0 Å². The van der Waals surface area contributed by atoms with Gasteiger partial charge in [0.05, 0.1) is 7.11 Å². The Labute approximate surface area is 157 Å². The summed E-state index contributed by atoms with van der Waals surface area (Å²) in [6, 6.07) is 17.2. The molecule has 1 unspecified atom stereocenters. The van der Waals surface area contributed by atoms with Crippen molar-refractivity contribution < 1.29 is 9.84 Å².